The molecule has 0 saturated carbocycles. The molecule has 0 aliphatic carbocycles. The highest BCUT2D eigenvalue weighted by molar-refractivity contribution is 6.33. The van der Waals surface area contributed by atoms with Crippen LogP contribution in [-0.2, 0) is 11.0 Å². The molecule has 8 heteroatoms. The molecule has 3 nitrogen and oxygen atoms in total. The van der Waals surface area contributed by atoms with Crippen LogP contribution in [0.4, 0.5) is 18.9 Å². The van der Waals surface area contributed by atoms with Gasteiger partial charge in [0.25, 0.3) is 0 Å². The van der Waals surface area contributed by atoms with Crippen molar-refractivity contribution < 1.29 is 22.4 Å². The van der Waals surface area contributed by atoms with E-state index in [-0.39, 0.29) is 10.7 Å². The van der Waals surface area contributed by atoms with E-state index in [1.165, 1.54) is 6.08 Å². The van der Waals surface area contributed by atoms with E-state index >= 15 is 0 Å². The number of furan rings is 1. The number of halogens is 5. The minimum atomic E-state index is -4.54. The Morgan fingerprint density at radius 1 is 1.00 bits per heavy atom. The molecule has 0 bridgehead atoms. The summed E-state index contributed by atoms with van der Waals surface area (Å²) < 4.78 is 44.0. The highest BCUT2D eigenvalue weighted by atomic mass is 35.5. The Bertz CT molecular complexity index is 1020. The molecule has 0 aliphatic rings. The minimum absolute atomic E-state index is 0.00206. The SMILES string of the molecule is O=C(/C=C/c1ccc(-c2ccc(Cl)cc2)o1)Nc1cc(C(F)(F)F)ccc1Cl. The van der Waals surface area contributed by atoms with Crippen LogP contribution >= 0.6 is 23.2 Å². The summed E-state index contributed by atoms with van der Waals surface area (Å²) in [5.74, 6) is 0.332. The Morgan fingerprint density at radius 3 is 2.39 bits per heavy atom. The van der Waals surface area contributed by atoms with Crippen molar-refractivity contribution in [2.45, 2.75) is 6.18 Å². The molecule has 1 heterocycles. The van der Waals surface area contributed by atoms with Crippen molar-refractivity contribution in [1.82, 2.24) is 0 Å². The van der Waals surface area contributed by atoms with Gasteiger partial charge in [-0.05, 0) is 60.7 Å². The summed E-state index contributed by atoms with van der Waals surface area (Å²) in [6.07, 6.45) is -2.00. The zero-order valence-corrected chi connectivity index (χ0v) is 15.6. The third-order valence-corrected chi connectivity index (χ3v) is 4.29. The predicted molar refractivity (Wildman–Crippen MR) is 103 cm³/mol. The average molecular weight is 426 g/mol. The molecule has 2 aromatic carbocycles. The van der Waals surface area contributed by atoms with E-state index in [0.29, 0.717) is 16.5 Å². The lowest BCUT2D eigenvalue weighted by atomic mass is 10.2. The molecule has 1 N–H and O–H groups in total. The largest absolute Gasteiger partial charge is 0.457 e. The molecule has 3 rings (SSSR count). The van der Waals surface area contributed by atoms with Crippen LogP contribution in [0.15, 0.2) is 65.1 Å². The topological polar surface area (TPSA) is 42.2 Å². The molecule has 28 heavy (non-hydrogen) atoms. The average Bonchev–Trinajstić information content (AvgIpc) is 3.10. The highest BCUT2D eigenvalue weighted by Gasteiger charge is 2.31. The highest BCUT2D eigenvalue weighted by Crippen LogP contribution is 2.33. The van der Waals surface area contributed by atoms with E-state index in [0.717, 1.165) is 29.8 Å². The number of carbonyl (C=O) groups is 1. The first-order valence-corrected chi connectivity index (χ1v) is 8.69. The van der Waals surface area contributed by atoms with Gasteiger partial charge in [0, 0.05) is 16.7 Å². The zero-order chi connectivity index (χ0) is 20.3. The molecule has 0 saturated heterocycles. The second-order valence-electron chi connectivity index (χ2n) is 5.72. The van der Waals surface area contributed by atoms with Gasteiger partial charge in [0.1, 0.15) is 11.5 Å². The minimum Gasteiger partial charge on any atom is -0.457 e. The van der Waals surface area contributed by atoms with Crippen LogP contribution in [0.5, 0.6) is 0 Å². The van der Waals surface area contributed by atoms with Gasteiger partial charge in [-0.1, -0.05) is 23.2 Å². The molecule has 1 aromatic heterocycles. The van der Waals surface area contributed by atoms with Crippen LogP contribution in [0.2, 0.25) is 10.0 Å². The number of rotatable bonds is 4. The standard InChI is InChI=1S/C20H12Cl2F3NO2/c21-14-4-1-12(2-5-14)18-9-6-15(28-18)7-10-19(27)26-17-11-13(20(23,24)25)3-8-16(17)22/h1-11H,(H,26,27)/b10-7+. The van der Waals surface area contributed by atoms with Crippen LogP contribution in [0.1, 0.15) is 11.3 Å². The van der Waals surface area contributed by atoms with Crippen molar-refractivity contribution in [3.63, 3.8) is 0 Å². The van der Waals surface area contributed by atoms with Gasteiger partial charge in [-0.15, -0.1) is 0 Å². The predicted octanol–water partition coefficient (Wildman–Crippen LogP) is 6.92. The summed E-state index contributed by atoms with van der Waals surface area (Å²) in [4.78, 5) is 12.0. The third-order valence-electron chi connectivity index (χ3n) is 3.71. The van der Waals surface area contributed by atoms with E-state index in [9.17, 15) is 18.0 Å². The van der Waals surface area contributed by atoms with Crippen molar-refractivity contribution in [2.75, 3.05) is 5.32 Å². The first-order valence-electron chi connectivity index (χ1n) is 7.94. The first kappa shape index (κ1) is 20.0. The molecule has 0 fully saturated rings. The zero-order valence-electron chi connectivity index (χ0n) is 14.1. The number of hydrogen-bond donors (Lipinski definition) is 1. The number of alkyl halides is 3. The monoisotopic (exact) mass is 425 g/mol. The third kappa shape index (κ3) is 4.97. The molecule has 0 unspecified atom stereocenters. The van der Waals surface area contributed by atoms with E-state index in [2.05, 4.69) is 5.32 Å². The van der Waals surface area contributed by atoms with E-state index in [1.54, 1.807) is 36.4 Å². The summed E-state index contributed by atoms with van der Waals surface area (Å²) in [6.45, 7) is 0. The van der Waals surface area contributed by atoms with Gasteiger partial charge in [-0.3, -0.25) is 4.79 Å². The van der Waals surface area contributed by atoms with Gasteiger partial charge >= 0.3 is 6.18 Å². The lowest BCUT2D eigenvalue weighted by Gasteiger charge is -2.10. The van der Waals surface area contributed by atoms with Crippen LogP contribution < -0.4 is 5.32 Å². The van der Waals surface area contributed by atoms with Crippen molar-refractivity contribution >= 4 is 40.9 Å². The Hall–Kier alpha value is -2.70. The Balaban J connectivity index is 1.70. The lowest BCUT2D eigenvalue weighted by Crippen LogP contribution is -2.10. The number of nitrogens with one attached hydrogen (secondary N) is 1. The fourth-order valence-electron chi connectivity index (χ4n) is 2.34. The number of carbonyl (C=O) groups excluding carboxylic acids is 1. The fraction of sp³-hybridized carbons (Fsp3) is 0.0500. The van der Waals surface area contributed by atoms with Crippen LogP contribution in [-0.4, -0.2) is 5.91 Å². The number of anilines is 1. The lowest BCUT2D eigenvalue weighted by molar-refractivity contribution is -0.137. The van der Waals surface area contributed by atoms with E-state index < -0.39 is 17.6 Å². The molecule has 3 aromatic rings. The molecule has 1 amide bonds. The van der Waals surface area contributed by atoms with E-state index in [4.69, 9.17) is 27.6 Å². The molecule has 0 radical (unpaired) electrons. The molecule has 0 atom stereocenters. The van der Waals surface area contributed by atoms with Crippen molar-refractivity contribution in [3.8, 4) is 11.3 Å². The Morgan fingerprint density at radius 2 is 1.71 bits per heavy atom. The summed E-state index contributed by atoms with van der Waals surface area (Å²) in [5, 5.41) is 2.92. The number of hydrogen-bond acceptors (Lipinski definition) is 2. The summed E-state index contributed by atoms with van der Waals surface area (Å²) in [7, 11) is 0. The van der Waals surface area contributed by atoms with Crippen LogP contribution in [0, 0.1) is 0 Å². The second-order valence-corrected chi connectivity index (χ2v) is 6.57. The molecule has 0 spiro atoms. The quantitative estimate of drug-likeness (QED) is 0.460. The molecule has 0 aliphatic heterocycles. The van der Waals surface area contributed by atoms with Gasteiger partial charge in [0.15, 0.2) is 0 Å². The van der Waals surface area contributed by atoms with Crippen molar-refractivity contribution in [2.24, 2.45) is 0 Å². The summed E-state index contributed by atoms with van der Waals surface area (Å²) in [6, 6.07) is 13.1. The number of benzene rings is 2. The normalized spacial score (nSPS) is 11.8. The summed E-state index contributed by atoms with van der Waals surface area (Å²) in [5.41, 5.74) is -0.230. The molecule has 144 valence electrons. The van der Waals surface area contributed by atoms with Gasteiger partial charge in [0.2, 0.25) is 5.91 Å². The number of amides is 1. The fourth-order valence-corrected chi connectivity index (χ4v) is 2.63. The van der Waals surface area contributed by atoms with Crippen LogP contribution in [0.25, 0.3) is 17.4 Å². The Kier molecular flexibility index (Phi) is 5.82. The maximum absolute atomic E-state index is 12.8. The maximum atomic E-state index is 12.8. The van der Waals surface area contributed by atoms with Crippen LogP contribution in [0.3, 0.4) is 0 Å². The van der Waals surface area contributed by atoms with Crippen molar-refractivity contribution in [3.05, 3.63) is 82.0 Å². The second kappa shape index (κ2) is 8.12. The van der Waals surface area contributed by atoms with Gasteiger partial charge in [0.05, 0.1) is 16.3 Å². The van der Waals surface area contributed by atoms with Gasteiger partial charge < -0.3 is 9.73 Å². The first-order chi connectivity index (χ1) is 13.2. The smallest absolute Gasteiger partial charge is 0.416 e. The van der Waals surface area contributed by atoms with Crippen molar-refractivity contribution in [1.29, 1.82) is 0 Å². The summed E-state index contributed by atoms with van der Waals surface area (Å²) >= 11 is 11.7. The van der Waals surface area contributed by atoms with Gasteiger partial charge in [-0.25, -0.2) is 0 Å². The van der Waals surface area contributed by atoms with Gasteiger partial charge in [-0.2, -0.15) is 13.2 Å². The Labute approximate surface area is 168 Å². The van der Waals surface area contributed by atoms with E-state index in [1.807, 2.05) is 0 Å². The molecular weight excluding hydrogens is 414 g/mol. The maximum Gasteiger partial charge on any atom is 0.416 e. The molecular formula is C20H12Cl2F3NO2.